The number of nitrogens with one attached hydrogen (secondary N) is 2. The summed E-state index contributed by atoms with van der Waals surface area (Å²) in [4.78, 5) is 11.8. The van der Waals surface area contributed by atoms with Crippen molar-refractivity contribution in [3.05, 3.63) is 54.1 Å². The van der Waals surface area contributed by atoms with Gasteiger partial charge in [-0.25, -0.2) is 0 Å². The number of hydrogen-bond acceptors (Lipinski definition) is 4. The fourth-order valence-electron chi connectivity index (χ4n) is 2.23. The molecule has 28 heavy (non-hydrogen) atoms. The van der Waals surface area contributed by atoms with Crippen LogP contribution in [0, 0.1) is 0 Å². The van der Waals surface area contributed by atoms with Crippen molar-refractivity contribution in [1.82, 2.24) is 5.32 Å². The van der Waals surface area contributed by atoms with Crippen molar-refractivity contribution < 1.29 is 36.2 Å². The van der Waals surface area contributed by atoms with E-state index in [0.717, 1.165) is 17.7 Å². The minimum absolute atomic E-state index is 0.0451. The fourth-order valence-corrected chi connectivity index (χ4v) is 2.23. The van der Waals surface area contributed by atoms with Gasteiger partial charge in [-0.05, 0) is 36.2 Å². The van der Waals surface area contributed by atoms with Gasteiger partial charge in [0.15, 0.2) is 0 Å². The van der Waals surface area contributed by atoms with E-state index in [-0.39, 0.29) is 18.2 Å². The summed E-state index contributed by atoms with van der Waals surface area (Å²) in [6.45, 7) is -2.73. The molecule has 0 spiro atoms. The second-order valence-electron chi connectivity index (χ2n) is 5.55. The Bertz CT molecular complexity index is 767. The molecule has 10 heteroatoms. The number of benzene rings is 2. The Morgan fingerprint density at radius 1 is 1.04 bits per heavy atom. The number of alkyl halides is 5. The maximum Gasteiger partial charge on any atom is 0.573 e. The third kappa shape index (κ3) is 8.11. The largest absolute Gasteiger partial charge is 0.573 e. The Balaban J connectivity index is 1.72. The van der Waals surface area contributed by atoms with Crippen LogP contribution in [0.1, 0.15) is 5.56 Å². The molecule has 0 aliphatic rings. The second-order valence-corrected chi connectivity index (χ2v) is 5.55. The van der Waals surface area contributed by atoms with Gasteiger partial charge >= 0.3 is 13.0 Å². The van der Waals surface area contributed by atoms with Crippen molar-refractivity contribution in [3.8, 4) is 11.5 Å². The molecular weight excluding hydrogens is 387 g/mol. The molecule has 0 aromatic heterocycles. The number of ether oxygens (including phenoxy) is 2. The minimum Gasteiger partial charge on any atom is -0.435 e. The van der Waals surface area contributed by atoms with Crippen molar-refractivity contribution >= 4 is 11.6 Å². The van der Waals surface area contributed by atoms with Crippen molar-refractivity contribution in [2.75, 3.05) is 18.4 Å². The summed E-state index contributed by atoms with van der Waals surface area (Å²) < 4.78 is 68.8. The van der Waals surface area contributed by atoms with Gasteiger partial charge in [0.1, 0.15) is 11.5 Å². The van der Waals surface area contributed by atoms with E-state index < -0.39 is 18.7 Å². The van der Waals surface area contributed by atoms with Crippen LogP contribution >= 0.6 is 0 Å². The first-order valence-corrected chi connectivity index (χ1v) is 8.11. The first-order valence-electron chi connectivity index (χ1n) is 8.11. The second kappa shape index (κ2) is 9.77. The number of rotatable bonds is 9. The van der Waals surface area contributed by atoms with Gasteiger partial charge in [-0.3, -0.25) is 4.79 Å². The summed E-state index contributed by atoms with van der Waals surface area (Å²) in [5.74, 6) is -0.708. The predicted molar refractivity (Wildman–Crippen MR) is 91.4 cm³/mol. The standard InChI is InChI=1S/C18H17F5N2O3/c19-17(20)27-14-6-4-12(5-7-14)8-9-24-16(26)11-25-13-2-1-3-15(10-13)28-18(21,22)23/h1-7,10,17,25H,8-9,11H2,(H,24,26). The number of carbonyl (C=O) groups is 1. The zero-order chi connectivity index (χ0) is 20.6. The van der Waals surface area contributed by atoms with Gasteiger partial charge in [-0.15, -0.1) is 13.2 Å². The van der Waals surface area contributed by atoms with Crippen molar-refractivity contribution in [1.29, 1.82) is 0 Å². The zero-order valence-electron chi connectivity index (χ0n) is 14.4. The summed E-state index contributed by atoms with van der Waals surface area (Å²) in [7, 11) is 0. The summed E-state index contributed by atoms with van der Waals surface area (Å²) in [5.41, 5.74) is 1.11. The zero-order valence-corrected chi connectivity index (χ0v) is 14.4. The highest BCUT2D eigenvalue weighted by Crippen LogP contribution is 2.24. The van der Waals surface area contributed by atoms with Crippen molar-refractivity contribution in [3.63, 3.8) is 0 Å². The maximum atomic E-state index is 12.2. The molecule has 5 nitrogen and oxygen atoms in total. The molecule has 0 atom stereocenters. The van der Waals surface area contributed by atoms with Gasteiger partial charge in [0.25, 0.3) is 0 Å². The number of halogens is 5. The molecule has 2 N–H and O–H groups in total. The first kappa shape index (κ1) is 21.3. The predicted octanol–water partition coefficient (Wildman–Crippen LogP) is 3.96. The van der Waals surface area contributed by atoms with Gasteiger partial charge in [0, 0.05) is 18.3 Å². The molecule has 2 rings (SSSR count). The molecule has 0 aliphatic heterocycles. The highest BCUT2D eigenvalue weighted by Gasteiger charge is 2.31. The molecule has 2 aromatic rings. The molecule has 0 bridgehead atoms. The Kier molecular flexibility index (Phi) is 7.42. The monoisotopic (exact) mass is 404 g/mol. The van der Waals surface area contributed by atoms with Crippen LogP contribution in [0.3, 0.4) is 0 Å². The van der Waals surface area contributed by atoms with Crippen LogP contribution in [0.25, 0.3) is 0 Å². The van der Waals surface area contributed by atoms with Gasteiger partial charge in [-0.2, -0.15) is 8.78 Å². The lowest BCUT2D eigenvalue weighted by molar-refractivity contribution is -0.274. The Morgan fingerprint density at radius 2 is 1.75 bits per heavy atom. The van der Waals surface area contributed by atoms with E-state index in [1.165, 1.54) is 24.3 Å². The normalized spacial score (nSPS) is 11.2. The van der Waals surface area contributed by atoms with E-state index in [0.29, 0.717) is 18.7 Å². The average molecular weight is 404 g/mol. The Morgan fingerprint density at radius 3 is 2.39 bits per heavy atom. The molecule has 0 radical (unpaired) electrons. The average Bonchev–Trinajstić information content (AvgIpc) is 2.60. The summed E-state index contributed by atoms with van der Waals surface area (Å²) in [6, 6.07) is 11.2. The summed E-state index contributed by atoms with van der Waals surface area (Å²) in [6.07, 6.45) is -4.32. The quantitative estimate of drug-likeness (QED) is 0.622. The SMILES string of the molecule is O=C(CNc1cccc(OC(F)(F)F)c1)NCCc1ccc(OC(F)F)cc1. The third-order valence-electron chi connectivity index (χ3n) is 3.41. The molecule has 0 heterocycles. The van der Waals surface area contributed by atoms with Crippen LogP contribution in [0.2, 0.25) is 0 Å². The van der Waals surface area contributed by atoms with Crippen molar-refractivity contribution in [2.24, 2.45) is 0 Å². The fraction of sp³-hybridized carbons (Fsp3) is 0.278. The van der Waals surface area contributed by atoms with Crippen LogP contribution in [0.15, 0.2) is 48.5 Å². The molecule has 0 unspecified atom stereocenters. The molecular formula is C18H17F5N2O3. The molecule has 0 aliphatic carbocycles. The maximum absolute atomic E-state index is 12.2. The van der Waals surface area contributed by atoms with E-state index in [1.54, 1.807) is 12.1 Å². The highest BCUT2D eigenvalue weighted by atomic mass is 19.4. The molecule has 152 valence electrons. The summed E-state index contributed by atoms with van der Waals surface area (Å²) in [5, 5.41) is 5.34. The highest BCUT2D eigenvalue weighted by molar-refractivity contribution is 5.80. The summed E-state index contributed by atoms with van der Waals surface area (Å²) >= 11 is 0. The molecule has 2 aromatic carbocycles. The number of amides is 1. The van der Waals surface area contributed by atoms with E-state index in [1.807, 2.05) is 0 Å². The lowest BCUT2D eigenvalue weighted by atomic mass is 10.1. The smallest absolute Gasteiger partial charge is 0.435 e. The van der Waals surface area contributed by atoms with E-state index >= 15 is 0 Å². The van der Waals surface area contributed by atoms with Gasteiger partial charge in [0.2, 0.25) is 5.91 Å². The molecule has 0 saturated carbocycles. The van der Waals surface area contributed by atoms with Crippen LogP contribution in [-0.4, -0.2) is 32.0 Å². The van der Waals surface area contributed by atoms with E-state index in [4.69, 9.17) is 0 Å². The van der Waals surface area contributed by atoms with Crippen LogP contribution < -0.4 is 20.1 Å². The minimum atomic E-state index is -4.79. The number of anilines is 1. The van der Waals surface area contributed by atoms with Crippen LogP contribution in [-0.2, 0) is 11.2 Å². The lowest BCUT2D eigenvalue weighted by Crippen LogP contribution is -2.31. The third-order valence-corrected chi connectivity index (χ3v) is 3.41. The van der Waals surface area contributed by atoms with Crippen LogP contribution in [0.5, 0.6) is 11.5 Å². The van der Waals surface area contributed by atoms with Gasteiger partial charge < -0.3 is 20.1 Å². The Labute approximate surface area is 157 Å². The number of hydrogen-bond donors (Lipinski definition) is 2. The van der Waals surface area contributed by atoms with Gasteiger partial charge in [-0.1, -0.05) is 18.2 Å². The Hall–Kier alpha value is -3.04. The van der Waals surface area contributed by atoms with Gasteiger partial charge in [0.05, 0.1) is 6.54 Å². The molecule has 1 amide bonds. The van der Waals surface area contributed by atoms with E-state index in [9.17, 15) is 26.7 Å². The van der Waals surface area contributed by atoms with E-state index in [2.05, 4.69) is 20.1 Å². The van der Waals surface area contributed by atoms with Crippen LogP contribution in [0.4, 0.5) is 27.6 Å². The van der Waals surface area contributed by atoms with Crippen molar-refractivity contribution in [2.45, 2.75) is 19.4 Å². The topological polar surface area (TPSA) is 59.6 Å². The molecule has 0 fully saturated rings. The molecule has 0 saturated heterocycles. The lowest BCUT2D eigenvalue weighted by Gasteiger charge is -2.11. The first-order chi connectivity index (χ1) is 13.2. The number of carbonyl (C=O) groups excluding carboxylic acids is 1.